The number of carboxylic acid groups (broad SMARTS) is 1. The molecule has 2 rings (SSSR count). The number of amides is 1. The maximum absolute atomic E-state index is 12.0. The van der Waals surface area contributed by atoms with E-state index >= 15 is 0 Å². The van der Waals surface area contributed by atoms with Crippen molar-refractivity contribution in [3.8, 4) is 0 Å². The zero-order valence-electron chi connectivity index (χ0n) is 11.0. The molecule has 0 aromatic heterocycles. The van der Waals surface area contributed by atoms with Crippen molar-refractivity contribution in [2.24, 2.45) is 0 Å². The quantitative estimate of drug-likeness (QED) is 0.813. The van der Waals surface area contributed by atoms with Gasteiger partial charge in [0.05, 0.1) is 0 Å². The van der Waals surface area contributed by atoms with E-state index in [9.17, 15) is 9.59 Å². The van der Waals surface area contributed by atoms with E-state index in [1.54, 1.807) is 23.9 Å². The van der Waals surface area contributed by atoms with Crippen molar-refractivity contribution in [3.63, 3.8) is 0 Å². The van der Waals surface area contributed by atoms with Gasteiger partial charge in [-0.25, -0.2) is 4.79 Å². The first-order valence-electron chi connectivity index (χ1n) is 6.25. The van der Waals surface area contributed by atoms with Crippen molar-refractivity contribution >= 4 is 23.6 Å². The van der Waals surface area contributed by atoms with Gasteiger partial charge in [0.1, 0.15) is 5.54 Å². The van der Waals surface area contributed by atoms with Gasteiger partial charge in [-0.3, -0.25) is 4.79 Å². The van der Waals surface area contributed by atoms with Crippen LogP contribution in [0.25, 0.3) is 0 Å². The molecule has 0 spiro atoms. The SMILES string of the molecule is CC(C)Sc1ccc(C(=O)NC2(C(=O)O)CC2)cc1. The van der Waals surface area contributed by atoms with Crippen LogP contribution in [0.15, 0.2) is 29.2 Å². The molecule has 0 saturated heterocycles. The summed E-state index contributed by atoms with van der Waals surface area (Å²) in [4.78, 5) is 24.1. The Morgan fingerprint density at radius 1 is 1.26 bits per heavy atom. The molecule has 1 amide bonds. The van der Waals surface area contributed by atoms with Crippen molar-refractivity contribution in [1.29, 1.82) is 0 Å². The van der Waals surface area contributed by atoms with Crippen LogP contribution in [0.5, 0.6) is 0 Å². The number of hydrogen-bond acceptors (Lipinski definition) is 3. The summed E-state index contributed by atoms with van der Waals surface area (Å²) in [5, 5.41) is 12.1. The Morgan fingerprint density at radius 2 is 1.84 bits per heavy atom. The van der Waals surface area contributed by atoms with Crippen LogP contribution < -0.4 is 5.32 Å². The van der Waals surface area contributed by atoms with Gasteiger partial charge in [0, 0.05) is 15.7 Å². The largest absolute Gasteiger partial charge is 0.480 e. The smallest absolute Gasteiger partial charge is 0.329 e. The van der Waals surface area contributed by atoms with Crippen LogP contribution in [-0.4, -0.2) is 27.8 Å². The standard InChI is InChI=1S/C14H17NO3S/c1-9(2)19-11-5-3-10(4-6-11)12(16)15-14(7-8-14)13(17)18/h3-6,9H,7-8H2,1-2H3,(H,15,16)(H,17,18). The number of benzene rings is 1. The Hall–Kier alpha value is -1.49. The van der Waals surface area contributed by atoms with Crippen molar-refractivity contribution in [2.45, 2.75) is 42.4 Å². The van der Waals surface area contributed by atoms with Crippen LogP contribution in [0.2, 0.25) is 0 Å². The molecule has 1 fully saturated rings. The first-order chi connectivity index (χ1) is 8.93. The minimum atomic E-state index is -1.03. The molecule has 0 bridgehead atoms. The predicted octanol–water partition coefficient (Wildman–Crippen LogP) is 2.53. The highest BCUT2D eigenvalue weighted by Crippen LogP contribution is 2.35. The summed E-state index contributed by atoms with van der Waals surface area (Å²) in [7, 11) is 0. The molecule has 1 aromatic rings. The van der Waals surface area contributed by atoms with Gasteiger partial charge in [-0.2, -0.15) is 0 Å². The second-order valence-corrected chi connectivity index (χ2v) is 6.68. The maximum atomic E-state index is 12.0. The zero-order chi connectivity index (χ0) is 14.0. The van der Waals surface area contributed by atoms with Gasteiger partial charge in [-0.15, -0.1) is 11.8 Å². The monoisotopic (exact) mass is 279 g/mol. The van der Waals surface area contributed by atoms with Gasteiger partial charge in [-0.05, 0) is 37.1 Å². The summed E-state index contributed by atoms with van der Waals surface area (Å²) >= 11 is 1.72. The van der Waals surface area contributed by atoms with E-state index in [0.29, 0.717) is 23.7 Å². The molecule has 5 heteroatoms. The first kappa shape index (κ1) is 13.9. The van der Waals surface area contributed by atoms with Crippen LogP contribution in [0, 0.1) is 0 Å². The first-order valence-corrected chi connectivity index (χ1v) is 7.13. The predicted molar refractivity (Wildman–Crippen MR) is 74.5 cm³/mol. The average molecular weight is 279 g/mol. The van der Waals surface area contributed by atoms with Gasteiger partial charge >= 0.3 is 5.97 Å². The van der Waals surface area contributed by atoms with E-state index < -0.39 is 11.5 Å². The third-order valence-corrected chi connectivity index (χ3v) is 4.02. The van der Waals surface area contributed by atoms with Crippen LogP contribution >= 0.6 is 11.8 Å². The number of thioether (sulfide) groups is 1. The molecule has 0 unspecified atom stereocenters. The van der Waals surface area contributed by atoms with E-state index in [2.05, 4.69) is 19.2 Å². The summed E-state index contributed by atoms with van der Waals surface area (Å²) in [6, 6.07) is 7.25. The van der Waals surface area contributed by atoms with Crippen LogP contribution in [0.3, 0.4) is 0 Å². The number of carbonyl (C=O) groups is 2. The molecule has 19 heavy (non-hydrogen) atoms. The Kier molecular flexibility index (Phi) is 3.85. The van der Waals surface area contributed by atoms with E-state index in [-0.39, 0.29) is 5.91 Å². The highest BCUT2D eigenvalue weighted by Gasteiger charge is 2.51. The zero-order valence-corrected chi connectivity index (χ0v) is 11.8. The van der Waals surface area contributed by atoms with Crippen LogP contribution in [0.1, 0.15) is 37.0 Å². The lowest BCUT2D eigenvalue weighted by molar-refractivity contribution is -0.140. The number of carboxylic acids is 1. The molecular formula is C14H17NO3S. The average Bonchev–Trinajstić information content (AvgIpc) is 3.10. The topological polar surface area (TPSA) is 66.4 Å². The molecule has 1 aliphatic rings. The Bertz CT molecular complexity index is 492. The van der Waals surface area contributed by atoms with Gasteiger partial charge in [0.2, 0.25) is 0 Å². The number of carbonyl (C=O) groups excluding carboxylic acids is 1. The molecule has 0 aliphatic heterocycles. The lowest BCUT2D eigenvalue weighted by Gasteiger charge is -2.12. The van der Waals surface area contributed by atoms with E-state index in [1.807, 2.05) is 12.1 Å². The highest BCUT2D eigenvalue weighted by molar-refractivity contribution is 7.99. The van der Waals surface area contributed by atoms with Crippen LogP contribution in [-0.2, 0) is 4.79 Å². The van der Waals surface area contributed by atoms with Gasteiger partial charge in [0.15, 0.2) is 0 Å². The van der Waals surface area contributed by atoms with Crippen LogP contribution in [0.4, 0.5) is 0 Å². The minimum Gasteiger partial charge on any atom is -0.480 e. The maximum Gasteiger partial charge on any atom is 0.329 e. The van der Waals surface area contributed by atoms with E-state index in [4.69, 9.17) is 5.11 Å². The summed E-state index contributed by atoms with van der Waals surface area (Å²) in [6.07, 6.45) is 1.02. The minimum absolute atomic E-state index is 0.319. The van der Waals surface area contributed by atoms with Gasteiger partial charge in [0.25, 0.3) is 5.91 Å². The van der Waals surface area contributed by atoms with Crippen molar-refractivity contribution in [1.82, 2.24) is 5.32 Å². The summed E-state index contributed by atoms with van der Waals surface area (Å²) in [6.45, 7) is 4.21. The molecule has 2 N–H and O–H groups in total. The third-order valence-electron chi connectivity index (χ3n) is 3.00. The lowest BCUT2D eigenvalue weighted by atomic mass is 10.2. The fraction of sp³-hybridized carbons (Fsp3) is 0.429. The molecule has 102 valence electrons. The van der Waals surface area contributed by atoms with E-state index in [0.717, 1.165) is 4.90 Å². The lowest BCUT2D eigenvalue weighted by Crippen LogP contribution is -2.43. The fourth-order valence-electron chi connectivity index (χ4n) is 1.76. The normalized spacial score (nSPS) is 16.2. The van der Waals surface area contributed by atoms with Crippen molar-refractivity contribution < 1.29 is 14.7 Å². The number of rotatable bonds is 5. The molecule has 0 heterocycles. The summed E-state index contributed by atoms with van der Waals surface area (Å²) < 4.78 is 0. The van der Waals surface area contributed by atoms with E-state index in [1.165, 1.54) is 0 Å². The Labute approximate surface area is 116 Å². The molecule has 1 aromatic carbocycles. The third kappa shape index (κ3) is 3.29. The summed E-state index contributed by atoms with van der Waals surface area (Å²) in [5.41, 5.74) is -0.525. The second-order valence-electron chi connectivity index (χ2n) is 5.03. The highest BCUT2D eigenvalue weighted by atomic mass is 32.2. The number of nitrogens with one attached hydrogen (secondary N) is 1. The fourth-order valence-corrected chi connectivity index (χ4v) is 2.60. The molecule has 0 radical (unpaired) electrons. The van der Waals surface area contributed by atoms with Gasteiger partial charge in [-0.1, -0.05) is 13.8 Å². The number of aliphatic carboxylic acids is 1. The van der Waals surface area contributed by atoms with Crippen molar-refractivity contribution in [3.05, 3.63) is 29.8 Å². The van der Waals surface area contributed by atoms with Gasteiger partial charge < -0.3 is 10.4 Å². The summed E-state index contributed by atoms with van der Waals surface area (Å²) in [5.74, 6) is -1.27. The Balaban J connectivity index is 2.02. The molecule has 1 saturated carbocycles. The second kappa shape index (κ2) is 5.25. The molecule has 4 nitrogen and oxygen atoms in total. The molecular weight excluding hydrogens is 262 g/mol. The molecule has 1 aliphatic carbocycles. The Morgan fingerprint density at radius 3 is 2.26 bits per heavy atom. The van der Waals surface area contributed by atoms with Crippen molar-refractivity contribution in [2.75, 3.05) is 0 Å². The number of hydrogen-bond donors (Lipinski definition) is 2. The molecule has 0 atom stereocenters.